The molecule has 0 fully saturated rings. The lowest BCUT2D eigenvalue weighted by Gasteiger charge is -2.29. The summed E-state index contributed by atoms with van der Waals surface area (Å²) in [5.74, 6) is -2.49. The van der Waals surface area contributed by atoms with Gasteiger partial charge in [-0.25, -0.2) is 0 Å². The molecule has 0 amide bonds. The molecule has 0 unspecified atom stereocenters. The van der Waals surface area contributed by atoms with Crippen LogP contribution in [0.4, 0.5) is 0 Å². The van der Waals surface area contributed by atoms with Gasteiger partial charge in [0.15, 0.2) is 12.2 Å². The second-order valence-electron chi connectivity index (χ2n) is 4.34. The quantitative estimate of drug-likeness (QED) is 0.490. The third-order valence-corrected chi connectivity index (χ3v) is 2.25. The molecule has 0 heterocycles. The predicted octanol–water partition coefficient (Wildman–Crippen LogP) is 0.365. The van der Waals surface area contributed by atoms with Gasteiger partial charge in [0.2, 0.25) is 0 Å². The average molecular weight is 304 g/mol. The van der Waals surface area contributed by atoms with E-state index in [1.165, 1.54) is 20.8 Å². The van der Waals surface area contributed by atoms with Crippen LogP contribution in [0.5, 0.6) is 0 Å². The molecule has 0 aliphatic carbocycles. The zero-order valence-electron chi connectivity index (χ0n) is 12.7. The van der Waals surface area contributed by atoms with E-state index in [2.05, 4.69) is 0 Å². The summed E-state index contributed by atoms with van der Waals surface area (Å²) in [7, 11) is 0. The first-order valence-corrected chi connectivity index (χ1v) is 6.28. The minimum Gasteiger partial charge on any atom is -0.462 e. The summed E-state index contributed by atoms with van der Waals surface area (Å²) < 4.78 is 19.7. The van der Waals surface area contributed by atoms with Crippen LogP contribution < -0.4 is 0 Å². The molecular formula is C13H20O8. The molecule has 0 N–H and O–H groups in total. The van der Waals surface area contributed by atoms with E-state index in [1.54, 1.807) is 0 Å². The Hall–Kier alpha value is -2.12. The largest absolute Gasteiger partial charge is 0.462 e. The Kier molecular flexibility index (Phi) is 8.03. The molecule has 0 spiro atoms. The molecule has 0 aliphatic heterocycles. The van der Waals surface area contributed by atoms with Crippen LogP contribution in [0.2, 0.25) is 0 Å². The number of hydrogen-bond donors (Lipinski definition) is 0. The van der Waals surface area contributed by atoms with Crippen molar-refractivity contribution in [1.82, 2.24) is 0 Å². The molecule has 120 valence electrons. The first-order chi connectivity index (χ1) is 9.63. The Morgan fingerprint density at radius 2 is 1.24 bits per heavy atom. The van der Waals surface area contributed by atoms with Crippen molar-refractivity contribution in [3.05, 3.63) is 0 Å². The maximum Gasteiger partial charge on any atom is 0.303 e. The van der Waals surface area contributed by atoms with Gasteiger partial charge in [-0.15, -0.1) is 0 Å². The first kappa shape index (κ1) is 18.9. The maximum absolute atomic E-state index is 11.2. The van der Waals surface area contributed by atoms with Gasteiger partial charge in [0.1, 0.15) is 12.7 Å². The van der Waals surface area contributed by atoms with Crippen molar-refractivity contribution < 1.29 is 38.1 Å². The molecule has 0 radical (unpaired) electrons. The van der Waals surface area contributed by atoms with Crippen molar-refractivity contribution in [1.29, 1.82) is 0 Å². The van der Waals surface area contributed by atoms with Crippen LogP contribution in [0.25, 0.3) is 0 Å². The van der Waals surface area contributed by atoms with Crippen LogP contribution in [0.15, 0.2) is 0 Å². The minimum absolute atomic E-state index is 0.321. The summed E-state index contributed by atoms with van der Waals surface area (Å²) in [6.45, 7) is 5.83. The topological polar surface area (TPSA) is 105 Å². The van der Waals surface area contributed by atoms with Gasteiger partial charge < -0.3 is 18.9 Å². The molecular weight excluding hydrogens is 284 g/mol. The summed E-state index contributed by atoms with van der Waals surface area (Å²) in [4.78, 5) is 44.2. The van der Waals surface area contributed by atoms with Gasteiger partial charge >= 0.3 is 23.9 Å². The van der Waals surface area contributed by atoms with Crippen LogP contribution in [-0.4, -0.2) is 48.8 Å². The molecule has 8 nitrogen and oxygen atoms in total. The van der Waals surface area contributed by atoms with E-state index in [0.717, 1.165) is 13.8 Å². The summed E-state index contributed by atoms with van der Waals surface area (Å²) in [6, 6.07) is 0. The number of esters is 4. The monoisotopic (exact) mass is 304 g/mol. The van der Waals surface area contributed by atoms with Gasteiger partial charge in [0, 0.05) is 27.7 Å². The average Bonchev–Trinajstić information content (AvgIpc) is 2.29. The maximum atomic E-state index is 11.2. The second-order valence-corrected chi connectivity index (χ2v) is 4.34. The Labute approximate surface area is 122 Å². The van der Waals surface area contributed by atoms with Gasteiger partial charge in [-0.1, -0.05) is 0 Å². The molecule has 0 saturated heterocycles. The van der Waals surface area contributed by atoms with E-state index in [1.807, 2.05) is 0 Å². The predicted molar refractivity (Wildman–Crippen MR) is 69.0 cm³/mol. The summed E-state index contributed by atoms with van der Waals surface area (Å²) in [5, 5.41) is 0. The smallest absolute Gasteiger partial charge is 0.303 e. The Morgan fingerprint density at radius 1 is 0.762 bits per heavy atom. The zero-order valence-corrected chi connectivity index (χ0v) is 12.7. The fourth-order valence-corrected chi connectivity index (χ4v) is 1.60. The first-order valence-electron chi connectivity index (χ1n) is 6.28. The van der Waals surface area contributed by atoms with Crippen LogP contribution in [0.3, 0.4) is 0 Å². The Bertz CT molecular complexity index is 403. The van der Waals surface area contributed by atoms with Crippen molar-refractivity contribution in [2.24, 2.45) is 0 Å². The van der Waals surface area contributed by atoms with Crippen molar-refractivity contribution in [2.75, 3.05) is 6.61 Å². The lowest BCUT2D eigenvalue weighted by atomic mass is 10.1. The highest BCUT2D eigenvalue weighted by molar-refractivity contribution is 5.68. The fourth-order valence-electron chi connectivity index (χ4n) is 1.60. The molecule has 8 heteroatoms. The van der Waals surface area contributed by atoms with E-state index in [-0.39, 0.29) is 6.61 Å². The number of carbonyl (C=O) groups is 4. The second kappa shape index (κ2) is 8.93. The van der Waals surface area contributed by atoms with Crippen LogP contribution in [0, 0.1) is 0 Å². The molecule has 0 aromatic rings. The number of carbonyl (C=O) groups excluding carboxylic acids is 4. The standard InChI is InChI=1S/C13H20O8/c1-7(19-9(3)15)13(21-11(5)17)12(20-10(4)16)6-18-8(2)14/h7,12-13H,6H2,1-5H3/t7-,12-,13-/m1/s1. The van der Waals surface area contributed by atoms with Gasteiger partial charge in [0.05, 0.1) is 0 Å². The normalized spacial score (nSPS) is 14.3. The molecule has 0 bridgehead atoms. The van der Waals surface area contributed by atoms with Gasteiger partial charge in [-0.2, -0.15) is 0 Å². The van der Waals surface area contributed by atoms with Crippen LogP contribution >= 0.6 is 0 Å². The van der Waals surface area contributed by atoms with Gasteiger partial charge in [-0.05, 0) is 6.92 Å². The third-order valence-electron chi connectivity index (χ3n) is 2.25. The summed E-state index contributed by atoms with van der Waals surface area (Å²) >= 11 is 0. The molecule has 3 atom stereocenters. The number of hydrogen-bond acceptors (Lipinski definition) is 8. The fraction of sp³-hybridized carbons (Fsp3) is 0.692. The highest BCUT2D eigenvalue weighted by Crippen LogP contribution is 2.14. The van der Waals surface area contributed by atoms with E-state index in [9.17, 15) is 19.2 Å². The molecule has 0 aromatic carbocycles. The van der Waals surface area contributed by atoms with E-state index in [4.69, 9.17) is 18.9 Å². The Balaban J connectivity index is 5.12. The van der Waals surface area contributed by atoms with E-state index >= 15 is 0 Å². The summed E-state index contributed by atoms with van der Waals surface area (Å²) in [5.41, 5.74) is 0. The van der Waals surface area contributed by atoms with Gasteiger partial charge in [0.25, 0.3) is 0 Å². The highest BCUT2D eigenvalue weighted by Gasteiger charge is 2.35. The van der Waals surface area contributed by atoms with Crippen LogP contribution in [0.1, 0.15) is 34.6 Å². The lowest BCUT2D eigenvalue weighted by Crippen LogP contribution is -2.46. The summed E-state index contributed by atoms with van der Waals surface area (Å²) in [6.07, 6.45) is -3.05. The third kappa shape index (κ3) is 8.61. The van der Waals surface area contributed by atoms with E-state index in [0.29, 0.717) is 0 Å². The molecule has 21 heavy (non-hydrogen) atoms. The highest BCUT2D eigenvalue weighted by atomic mass is 16.6. The molecule has 0 aliphatic rings. The minimum atomic E-state index is -1.09. The van der Waals surface area contributed by atoms with Crippen molar-refractivity contribution >= 4 is 23.9 Å². The Morgan fingerprint density at radius 3 is 1.62 bits per heavy atom. The lowest BCUT2D eigenvalue weighted by molar-refractivity contribution is -0.187. The van der Waals surface area contributed by atoms with Gasteiger partial charge in [-0.3, -0.25) is 19.2 Å². The van der Waals surface area contributed by atoms with Crippen molar-refractivity contribution in [3.63, 3.8) is 0 Å². The van der Waals surface area contributed by atoms with Crippen molar-refractivity contribution in [3.8, 4) is 0 Å². The van der Waals surface area contributed by atoms with Crippen molar-refractivity contribution in [2.45, 2.75) is 52.9 Å². The zero-order chi connectivity index (χ0) is 16.6. The van der Waals surface area contributed by atoms with Crippen LogP contribution in [-0.2, 0) is 38.1 Å². The number of ether oxygens (including phenoxy) is 4. The SMILES string of the molecule is CC(=O)OC[C@@H](OC(C)=O)[C@H](OC(C)=O)[C@@H](C)OC(C)=O. The molecule has 0 saturated carbocycles. The molecule has 0 aromatic heterocycles. The van der Waals surface area contributed by atoms with E-state index < -0.39 is 42.2 Å². The molecule has 0 rings (SSSR count). The number of rotatable bonds is 7.